The maximum Gasteiger partial charge on any atom is 0.335 e. The molecule has 0 aliphatic carbocycles. The summed E-state index contributed by atoms with van der Waals surface area (Å²) in [5.74, 6) is -0.474. The van der Waals surface area contributed by atoms with Crippen molar-refractivity contribution in [1.29, 1.82) is 0 Å². The molecule has 0 unspecified atom stereocenters. The SMILES string of the molecule is O=C(O)c1cccc(OCc2ccc(Cl)nc2)c1. The molecule has 5 heteroatoms. The van der Waals surface area contributed by atoms with Gasteiger partial charge in [0.15, 0.2) is 0 Å². The predicted molar refractivity (Wildman–Crippen MR) is 67.0 cm³/mol. The molecule has 0 fully saturated rings. The minimum absolute atomic E-state index is 0.196. The van der Waals surface area contributed by atoms with Crippen LogP contribution in [-0.4, -0.2) is 16.1 Å². The Balaban J connectivity index is 2.04. The zero-order chi connectivity index (χ0) is 13.0. The highest BCUT2D eigenvalue weighted by Crippen LogP contribution is 2.15. The fourth-order valence-electron chi connectivity index (χ4n) is 1.38. The van der Waals surface area contributed by atoms with Crippen molar-refractivity contribution >= 4 is 17.6 Å². The summed E-state index contributed by atoms with van der Waals surface area (Å²) < 4.78 is 5.48. The minimum Gasteiger partial charge on any atom is -0.489 e. The van der Waals surface area contributed by atoms with Crippen LogP contribution >= 0.6 is 11.6 Å². The number of nitrogens with zero attached hydrogens (tertiary/aromatic N) is 1. The summed E-state index contributed by atoms with van der Waals surface area (Å²) in [4.78, 5) is 14.7. The van der Waals surface area contributed by atoms with Gasteiger partial charge in [0.05, 0.1) is 5.56 Å². The van der Waals surface area contributed by atoms with Crippen LogP contribution in [-0.2, 0) is 6.61 Å². The summed E-state index contributed by atoms with van der Waals surface area (Å²) in [6.45, 7) is 0.313. The number of ether oxygens (including phenoxy) is 1. The zero-order valence-electron chi connectivity index (χ0n) is 9.34. The largest absolute Gasteiger partial charge is 0.489 e. The molecule has 4 nitrogen and oxygen atoms in total. The Morgan fingerprint density at radius 2 is 2.17 bits per heavy atom. The summed E-state index contributed by atoms with van der Waals surface area (Å²) in [6, 6.07) is 9.81. The Labute approximate surface area is 109 Å². The number of aromatic nitrogens is 1. The Hall–Kier alpha value is -2.07. The van der Waals surface area contributed by atoms with Crippen molar-refractivity contribution in [3.05, 3.63) is 58.9 Å². The van der Waals surface area contributed by atoms with Crippen LogP contribution in [0.2, 0.25) is 5.15 Å². The van der Waals surface area contributed by atoms with Gasteiger partial charge < -0.3 is 9.84 Å². The highest BCUT2D eigenvalue weighted by molar-refractivity contribution is 6.29. The van der Waals surface area contributed by atoms with Gasteiger partial charge in [-0.05, 0) is 24.3 Å². The van der Waals surface area contributed by atoms with Gasteiger partial charge in [0.1, 0.15) is 17.5 Å². The van der Waals surface area contributed by atoms with E-state index in [0.29, 0.717) is 17.5 Å². The second-order valence-electron chi connectivity index (χ2n) is 3.61. The van der Waals surface area contributed by atoms with Crippen LogP contribution in [0.25, 0.3) is 0 Å². The molecule has 0 spiro atoms. The first-order valence-electron chi connectivity index (χ1n) is 5.22. The van der Waals surface area contributed by atoms with Crippen LogP contribution in [0.1, 0.15) is 15.9 Å². The molecule has 2 rings (SSSR count). The lowest BCUT2D eigenvalue weighted by Gasteiger charge is -2.06. The van der Waals surface area contributed by atoms with Crippen LogP contribution in [0, 0.1) is 0 Å². The molecule has 0 aliphatic rings. The summed E-state index contributed by atoms with van der Waals surface area (Å²) in [5, 5.41) is 9.27. The van der Waals surface area contributed by atoms with E-state index in [2.05, 4.69) is 4.98 Å². The van der Waals surface area contributed by atoms with Crippen molar-refractivity contribution in [1.82, 2.24) is 4.98 Å². The van der Waals surface area contributed by atoms with Crippen molar-refractivity contribution in [2.24, 2.45) is 0 Å². The molecule has 0 aliphatic heterocycles. The number of halogens is 1. The summed E-state index contributed by atoms with van der Waals surface area (Å²) >= 11 is 5.67. The molecule has 0 saturated carbocycles. The van der Waals surface area contributed by atoms with E-state index >= 15 is 0 Å². The first-order valence-corrected chi connectivity index (χ1v) is 5.59. The van der Waals surface area contributed by atoms with Crippen molar-refractivity contribution in [3.63, 3.8) is 0 Å². The maximum absolute atomic E-state index is 10.8. The molecule has 0 radical (unpaired) electrons. The molecule has 0 amide bonds. The van der Waals surface area contributed by atoms with Gasteiger partial charge in [-0.1, -0.05) is 23.7 Å². The lowest BCUT2D eigenvalue weighted by Crippen LogP contribution is -1.99. The van der Waals surface area contributed by atoms with E-state index in [0.717, 1.165) is 5.56 Å². The van der Waals surface area contributed by atoms with E-state index < -0.39 is 5.97 Å². The fourth-order valence-corrected chi connectivity index (χ4v) is 1.49. The smallest absolute Gasteiger partial charge is 0.335 e. The number of hydrogen-bond donors (Lipinski definition) is 1. The number of benzene rings is 1. The van der Waals surface area contributed by atoms with Crippen molar-refractivity contribution in [3.8, 4) is 5.75 Å². The highest BCUT2D eigenvalue weighted by atomic mass is 35.5. The quantitative estimate of drug-likeness (QED) is 0.862. The molecule has 1 aromatic heterocycles. The number of aromatic carboxylic acids is 1. The van der Waals surface area contributed by atoms with Crippen LogP contribution in [0.15, 0.2) is 42.6 Å². The molecule has 0 bridgehead atoms. The van der Waals surface area contributed by atoms with Crippen molar-refractivity contribution < 1.29 is 14.6 Å². The van der Waals surface area contributed by atoms with Crippen molar-refractivity contribution in [2.45, 2.75) is 6.61 Å². The van der Waals surface area contributed by atoms with Gasteiger partial charge in [0.2, 0.25) is 0 Å². The second kappa shape index (κ2) is 5.51. The summed E-state index contributed by atoms with van der Waals surface area (Å²) in [6.07, 6.45) is 1.61. The molecule has 1 N–H and O–H groups in total. The van der Waals surface area contributed by atoms with E-state index in [-0.39, 0.29) is 5.56 Å². The van der Waals surface area contributed by atoms with E-state index in [1.165, 1.54) is 12.1 Å². The third-order valence-electron chi connectivity index (χ3n) is 2.28. The van der Waals surface area contributed by atoms with Gasteiger partial charge in [0, 0.05) is 11.8 Å². The molecular formula is C13H10ClNO3. The first-order chi connectivity index (χ1) is 8.65. The molecule has 92 valence electrons. The van der Waals surface area contributed by atoms with Gasteiger partial charge >= 0.3 is 5.97 Å². The van der Waals surface area contributed by atoms with Gasteiger partial charge in [0.25, 0.3) is 0 Å². The highest BCUT2D eigenvalue weighted by Gasteiger charge is 2.04. The number of rotatable bonds is 4. The number of hydrogen-bond acceptors (Lipinski definition) is 3. The molecule has 0 saturated heterocycles. The lowest BCUT2D eigenvalue weighted by atomic mass is 10.2. The third-order valence-corrected chi connectivity index (χ3v) is 2.50. The Kier molecular flexibility index (Phi) is 3.79. The first kappa shape index (κ1) is 12.4. The molecule has 0 atom stereocenters. The van der Waals surface area contributed by atoms with Gasteiger partial charge in [-0.3, -0.25) is 0 Å². The Morgan fingerprint density at radius 3 is 2.83 bits per heavy atom. The van der Waals surface area contributed by atoms with Crippen LogP contribution in [0.3, 0.4) is 0 Å². The van der Waals surface area contributed by atoms with E-state index in [1.807, 2.05) is 0 Å². The Bertz CT molecular complexity index is 554. The summed E-state index contributed by atoms with van der Waals surface area (Å²) in [5.41, 5.74) is 1.06. The number of carboxylic acid groups (broad SMARTS) is 1. The average Bonchev–Trinajstić information content (AvgIpc) is 2.38. The van der Waals surface area contributed by atoms with Gasteiger partial charge in [-0.25, -0.2) is 9.78 Å². The number of carbonyl (C=O) groups is 1. The average molecular weight is 264 g/mol. The number of carboxylic acids is 1. The monoisotopic (exact) mass is 263 g/mol. The summed E-state index contributed by atoms with van der Waals surface area (Å²) in [7, 11) is 0. The van der Waals surface area contributed by atoms with E-state index in [9.17, 15) is 4.79 Å². The molecule has 1 heterocycles. The van der Waals surface area contributed by atoms with Crippen LogP contribution in [0.4, 0.5) is 0 Å². The minimum atomic E-state index is -0.978. The Morgan fingerprint density at radius 1 is 1.33 bits per heavy atom. The van der Waals surface area contributed by atoms with Gasteiger partial charge in [-0.2, -0.15) is 0 Å². The standard InChI is InChI=1S/C13H10ClNO3/c14-12-5-4-9(7-15-12)8-18-11-3-1-2-10(6-11)13(16)17/h1-7H,8H2,(H,16,17). The van der Waals surface area contributed by atoms with E-state index in [4.69, 9.17) is 21.4 Å². The van der Waals surface area contributed by atoms with Crippen LogP contribution < -0.4 is 4.74 Å². The zero-order valence-corrected chi connectivity index (χ0v) is 10.1. The topological polar surface area (TPSA) is 59.4 Å². The third kappa shape index (κ3) is 3.21. The maximum atomic E-state index is 10.8. The molecule has 2 aromatic rings. The predicted octanol–water partition coefficient (Wildman–Crippen LogP) is 3.01. The molecule has 18 heavy (non-hydrogen) atoms. The molecule has 1 aromatic carbocycles. The fraction of sp³-hybridized carbons (Fsp3) is 0.0769. The lowest BCUT2D eigenvalue weighted by molar-refractivity contribution is 0.0696. The molecular weight excluding hydrogens is 254 g/mol. The number of pyridine rings is 1. The van der Waals surface area contributed by atoms with Gasteiger partial charge in [-0.15, -0.1) is 0 Å². The normalized spacial score (nSPS) is 10.1. The van der Waals surface area contributed by atoms with Crippen LogP contribution in [0.5, 0.6) is 5.75 Å². The second-order valence-corrected chi connectivity index (χ2v) is 4.00. The van der Waals surface area contributed by atoms with E-state index in [1.54, 1.807) is 30.5 Å². The van der Waals surface area contributed by atoms with Crippen molar-refractivity contribution in [2.75, 3.05) is 0 Å².